The molecule has 1 fully saturated rings. The minimum Gasteiger partial charge on any atom is -0.354 e. The zero-order valence-electron chi connectivity index (χ0n) is 16.6. The van der Waals surface area contributed by atoms with Gasteiger partial charge in [0.25, 0.3) is 0 Å². The number of rotatable bonds is 4. The van der Waals surface area contributed by atoms with E-state index in [-0.39, 0.29) is 17.7 Å². The lowest BCUT2D eigenvalue weighted by Gasteiger charge is -2.20. The highest BCUT2D eigenvalue weighted by molar-refractivity contribution is 6.30. The Hall–Kier alpha value is -3.40. The zero-order valence-corrected chi connectivity index (χ0v) is 17.4. The first-order valence-electron chi connectivity index (χ1n) is 9.72. The van der Waals surface area contributed by atoms with Crippen LogP contribution in [0.5, 0.6) is 0 Å². The Balaban J connectivity index is 1.48. The van der Waals surface area contributed by atoms with Crippen LogP contribution in [-0.4, -0.2) is 40.1 Å². The number of alkyl halides is 3. The van der Waals surface area contributed by atoms with E-state index >= 15 is 0 Å². The maximum Gasteiger partial charge on any atom is 0.433 e. The maximum atomic E-state index is 13.4. The van der Waals surface area contributed by atoms with Crippen LogP contribution in [0.2, 0.25) is 5.02 Å². The molecule has 32 heavy (non-hydrogen) atoms. The van der Waals surface area contributed by atoms with E-state index in [4.69, 9.17) is 11.6 Å². The van der Waals surface area contributed by atoms with Crippen LogP contribution in [0, 0.1) is 0 Å². The summed E-state index contributed by atoms with van der Waals surface area (Å²) in [6.45, 7) is 0.758. The summed E-state index contributed by atoms with van der Waals surface area (Å²) in [5, 5.41) is 6.09. The van der Waals surface area contributed by atoms with Crippen molar-refractivity contribution >= 4 is 29.1 Å². The van der Waals surface area contributed by atoms with Crippen molar-refractivity contribution in [1.82, 2.24) is 20.3 Å². The van der Waals surface area contributed by atoms with Gasteiger partial charge in [0.2, 0.25) is 0 Å². The normalized spacial score (nSPS) is 16.1. The molecular weight excluding hydrogens is 445 g/mol. The van der Waals surface area contributed by atoms with Crippen LogP contribution in [0.3, 0.4) is 0 Å². The van der Waals surface area contributed by atoms with Gasteiger partial charge in [0.05, 0.1) is 0 Å². The number of hydrogen-bond donors (Lipinski definition) is 2. The molecule has 166 valence electrons. The molecule has 4 rings (SSSR count). The van der Waals surface area contributed by atoms with E-state index in [9.17, 15) is 18.0 Å². The zero-order chi connectivity index (χ0) is 22.7. The van der Waals surface area contributed by atoms with E-state index in [0.29, 0.717) is 35.8 Å². The number of anilines is 2. The van der Waals surface area contributed by atoms with Gasteiger partial charge in [-0.25, -0.2) is 14.8 Å². The molecule has 1 saturated heterocycles. The summed E-state index contributed by atoms with van der Waals surface area (Å²) < 4.78 is 40.3. The van der Waals surface area contributed by atoms with E-state index in [1.807, 2.05) is 0 Å². The summed E-state index contributed by atoms with van der Waals surface area (Å²) in [4.78, 5) is 25.9. The number of amides is 2. The molecule has 1 aromatic carbocycles. The number of carbonyl (C=O) groups excluding carboxylic acids is 1. The number of benzene rings is 1. The van der Waals surface area contributed by atoms with Crippen molar-refractivity contribution in [3.8, 4) is 11.4 Å². The van der Waals surface area contributed by atoms with Crippen LogP contribution in [0.1, 0.15) is 12.1 Å². The number of aromatic nitrogens is 3. The second-order valence-electron chi connectivity index (χ2n) is 7.21. The van der Waals surface area contributed by atoms with Crippen molar-refractivity contribution in [3.63, 3.8) is 0 Å². The Morgan fingerprint density at radius 3 is 2.50 bits per heavy atom. The largest absolute Gasteiger partial charge is 0.433 e. The van der Waals surface area contributed by atoms with Crippen LogP contribution < -0.4 is 15.5 Å². The summed E-state index contributed by atoms with van der Waals surface area (Å²) in [5.41, 5.74) is -0.0101. The number of nitrogens with zero attached hydrogens (tertiary/aromatic N) is 4. The predicted octanol–water partition coefficient (Wildman–Crippen LogP) is 4.61. The molecule has 1 aliphatic rings. The topological polar surface area (TPSA) is 83.0 Å². The van der Waals surface area contributed by atoms with E-state index in [1.165, 1.54) is 12.4 Å². The summed E-state index contributed by atoms with van der Waals surface area (Å²) in [6.07, 6.45) is -1.12. The highest BCUT2D eigenvalue weighted by Gasteiger charge is 2.35. The Kier molecular flexibility index (Phi) is 6.13. The number of nitrogens with one attached hydrogen (secondary N) is 2. The standard InChI is InChI=1S/C21H18ClF3N6O/c22-14-1-3-15(4-2-14)27-20(32)28-16-7-10-31(12-16)18-11-17(21(23,24)25)29-19(30-18)13-5-8-26-9-6-13/h1-6,8-9,11,16H,7,10,12H2,(H2,27,28,32). The lowest BCUT2D eigenvalue weighted by Crippen LogP contribution is -2.39. The van der Waals surface area contributed by atoms with Crippen LogP contribution >= 0.6 is 11.6 Å². The summed E-state index contributed by atoms with van der Waals surface area (Å²) in [5.74, 6) is 0.121. The molecule has 0 bridgehead atoms. The van der Waals surface area contributed by atoms with Gasteiger partial charge in [-0.15, -0.1) is 0 Å². The molecule has 1 unspecified atom stereocenters. The molecule has 2 aromatic heterocycles. The third kappa shape index (κ3) is 5.25. The molecular formula is C21H18ClF3N6O. The number of hydrogen-bond acceptors (Lipinski definition) is 5. The van der Waals surface area contributed by atoms with Crippen molar-refractivity contribution in [2.75, 3.05) is 23.3 Å². The fraction of sp³-hybridized carbons (Fsp3) is 0.238. The molecule has 0 spiro atoms. The van der Waals surface area contributed by atoms with Gasteiger partial charge in [0.15, 0.2) is 11.5 Å². The predicted molar refractivity (Wildman–Crippen MR) is 114 cm³/mol. The number of carbonyl (C=O) groups is 1. The Bertz CT molecular complexity index is 1090. The van der Waals surface area contributed by atoms with E-state index in [2.05, 4.69) is 25.6 Å². The molecule has 1 atom stereocenters. The van der Waals surface area contributed by atoms with Gasteiger partial charge in [0, 0.05) is 53.9 Å². The average molecular weight is 463 g/mol. The quantitative estimate of drug-likeness (QED) is 0.591. The number of urea groups is 1. The molecule has 2 N–H and O–H groups in total. The maximum absolute atomic E-state index is 13.4. The lowest BCUT2D eigenvalue weighted by atomic mass is 10.2. The van der Waals surface area contributed by atoms with E-state index in [0.717, 1.165) is 6.07 Å². The van der Waals surface area contributed by atoms with Crippen molar-refractivity contribution in [3.05, 3.63) is 65.6 Å². The molecule has 11 heteroatoms. The van der Waals surface area contributed by atoms with Crippen LogP contribution in [-0.2, 0) is 6.18 Å². The second-order valence-corrected chi connectivity index (χ2v) is 7.64. The minimum absolute atomic E-state index is 0.0332. The Labute approximate surface area is 186 Å². The van der Waals surface area contributed by atoms with E-state index in [1.54, 1.807) is 41.3 Å². The smallest absolute Gasteiger partial charge is 0.354 e. The second kappa shape index (κ2) is 8.99. The first-order valence-corrected chi connectivity index (χ1v) is 10.1. The summed E-state index contributed by atoms with van der Waals surface area (Å²) >= 11 is 5.83. The van der Waals surface area contributed by atoms with Crippen molar-refractivity contribution in [2.24, 2.45) is 0 Å². The fourth-order valence-corrected chi connectivity index (χ4v) is 3.47. The van der Waals surface area contributed by atoms with Crippen LogP contribution in [0.15, 0.2) is 54.9 Å². The Morgan fingerprint density at radius 2 is 1.81 bits per heavy atom. The minimum atomic E-state index is -4.62. The van der Waals surface area contributed by atoms with Crippen LogP contribution in [0.25, 0.3) is 11.4 Å². The van der Waals surface area contributed by atoms with Crippen molar-refractivity contribution < 1.29 is 18.0 Å². The van der Waals surface area contributed by atoms with Gasteiger partial charge in [-0.05, 0) is 42.8 Å². The SMILES string of the molecule is O=C(Nc1ccc(Cl)cc1)NC1CCN(c2cc(C(F)(F)F)nc(-c3ccncc3)n2)C1. The van der Waals surface area contributed by atoms with Gasteiger partial charge in [-0.3, -0.25) is 4.98 Å². The number of pyridine rings is 1. The monoisotopic (exact) mass is 462 g/mol. The third-order valence-corrected chi connectivity index (χ3v) is 5.14. The number of halogens is 4. The Morgan fingerprint density at radius 1 is 1.09 bits per heavy atom. The molecule has 1 aliphatic heterocycles. The highest BCUT2D eigenvalue weighted by atomic mass is 35.5. The average Bonchev–Trinajstić information content (AvgIpc) is 3.23. The molecule has 0 radical (unpaired) electrons. The van der Waals surface area contributed by atoms with Crippen molar-refractivity contribution in [1.29, 1.82) is 0 Å². The molecule has 0 saturated carbocycles. The highest BCUT2D eigenvalue weighted by Crippen LogP contribution is 2.32. The van der Waals surface area contributed by atoms with Crippen LogP contribution in [0.4, 0.5) is 29.5 Å². The molecule has 3 heterocycles. The van der Waals surface area contributed by atoms with Gasteiger partial charge in [0.1, 0.15) is 5.82 Å². The fourth-order valence-electron chi connectivity index (χ4n) is 3.34. The molecule has 7 nitrogen and oxygen atoms in total. The van der Waals surface area contributed by atoms with Gasteiger partial charge < -0.3 is 15.5 Å². The molecule has 2 amide bonds. The molecule has 0 aliphatic carbocycles. The van der Waals surface area contributed by atoms with Crippen molar-refractivity contribution in [2.45, 2.75) is 18.6 Å². The summed E-state index contributed by atoms with van der Waals surface area (Å²) in [7, 11) is 0. The summed E-state index contributed by atoms with van der Waals surface area (Å²) in [6, 6.07) is 10.0. The lowest BCUT2D eigenvalue weighted by molar-refractivity contribution is -0.141. The van der Waals surface area contributed by atoms with E-state index < -0.39 is 17.9 Å². The first-order chi connectivity index (χ1) is 15.3. The van der Waals surface area contributed by atoms with Gasteiger partial charge in [-0.2, -0.15) is 13.2 Å². The van der Waals surface area contributed by atoms with Gasteiger partial charge >= 0.3 is 12.2 Å². The molecule has 3 aromatic rings. The van der Waals surface area contributed by atoms with Gasteiger partial charge in [-0.1, -0.05) is 11.6 Å². The first kappa shape index (κ1) is 21.8. The third-order valence-electron chi connectivity index (χ3n) is 4.89.